The molecule has 1 aromatic rings. The van der Waals surface area contributed by atoms with E-state index < -0.39 is 0 Å². The molecule has 22 heavy (non-hydrogen) atoms. The summed E-state index contributed by atoms with van der Waals surface area (Å²) in [5, 5.41) is 6.30. The van der Waals surface area contributed by atoms with Crippen molar-refractivity contribution in [2.45, 2.75) is 20.3 Å². The van der Waals surface area contributed by atoms with Crippen LogP contribution in [0.25, 0.3) is 0 Å². The predicted molar refractivity (Wildman–Crippen MR) is 84.5 cm³/mol. The van der Waals surface area contributed by atoms with Gasteiger partial charge in [0.05, 0.1) is 11.4 Å². The molecule has 0 radical (unpaired) electrons. The molecule has 0 fully saturated rings. The number of ketones is 1. The van der Waals surface area contributed by atoms with Gasteiger partial charge < -0.3 is 0 Å². The molecular formula is C18H17FN2O. The normalized spacial score (nSPS) is 16.9. The number of hydrogen-bond acceptors (Lipinski definition) is 3. The zero-order chi connectivity index (χ0) is 15.7. The van der Waals surface area contributed by atoms with E-state index in [1.807, 2.05) is 38.3 Å². The molecule has 4 heteroatoms. The highest BCUT2D eigenvalue weighted by atomic mass is 19.1. The van der Waals surface area contributed by atoms with Gasteiger partial charge in [0, 0.05) is 24.1 Å². The Morgan fingerprint density at radius 2 is 1.95 bits per heavy atom. The summed E-state index contributed by atoms with van der Waals surface area (Å²) in [5.41, 5.74) is 3.18. The molecule has 0 N–H and O–H groups in total. The number of allylic oxidation sites excluding steroid dienone is 4. The van der Waals surface area contributed by atoms with Crippen molar-refractivity contribution in [1.82, 2.24) is 5.01 Å². The molecule has 0 atom stereocenters. The van der Waals surface area contributed by atoms with Crippen LogP contribution in [-0.2, 0) is 4.79 Å². The molecule has 0 bridgehead atoms. The minimum absolute atomic E-state index is 0.0729. The van der Waals surface area contributed by atoms with Crippen molar-refractivity contribution in [3.05, 3.63) is 71.3 Å². The van der Waals surface area contributed by atoms with Gasteiger partial charge in [0.2, 0.25) is 0 Å². The van der Waals surface area contributed by atoms with Crippen molar-refractivity contribution in [1.29, 1.82) is 0 Å². The highest BCUT2D eigenvalue weighted by molar-refractivity contribution is 6.10. The van der Waals surface area contributed by atoms with Crippen LogP contribution in [-0.4, -0.2) is 16.5 Å². The smallest absolute Gasteiger partial charge is 0.163 e. The molecule has 3 rings (SSSR count). The largest absolute Gasteiger partial charge is 0.294 e. The van der Waals surface area contributed by atoms with Gasteiger partial charge in [-0.05, 0) is 29.8 Å². The fourth-order valence-corrected chi connectivity index (χ4v) is 2.55. The number of hydrogen-bond donors (Lipinski definition) is 0. The van der Waals surface area contributed by atoms with E-state index in [9.17, 15) is 9.18 Å². The molecule has 0 amide bonds. The van der Waals surface area contributed by atoms with Gasteiger partial charge in [-0.3, -0.25) is 4.79 Å². The fraction of sp³-hybridized carbons (Fsp3) is 0.222. The van der Waals surface area contributed by atoms with Crippen LogP contribution in [0.15, 0.2) is 65.1 Å². The third kappa shape index (κ3) is 2.64. The fourth-order valence-electron chi connectivity index (χ4n) is 2.55. The SMILES string of the molecule is CC(C)C(=O)C1=C2C=CC=CN2N=C(c2ccc(F)cc2)C1. The van der Waals surface area contributed by atoms with E-state index in [1.54, 1.807) is 17.1 Å². The number of Topliss-reactive ketones (excluding diaryl/α,β-unsaturated/α-hetero) is 1. The summed E-state index contributed by atoms with van der Waals surface area (Å²) in [5.74, 6) is -0.235. The summed E-state index contributed by atoms with van der Waals surface area (Å²) in [6, 6.07) is 6.21. The Morgan fingerprint density at radius 3 is 2.64 bits per heavy atom. The molecule has 0 aromatic heterocycles. The maximum absolute atomic E-state index is 13.1. The number of carbonyl (C=O) groups excluding carboxylic acids is 1. The van der Waals surface area contributed by atoms with Crippen LogP contribution in [0.2, 0.25) is 0 Å². The molecule has 112 valence electrons. The van der Waals surface area contributed by atoms with Gasteiger partial charge in [-0.25, -0.2) is 9.40 Å². The maximum atomic E-state index is 13.1. The first-order valence-electron chi connectivity index (χ1n) is 7.31. The van der Waals surface area contributed by atoms with Crippen LogP contribution in [0.3, 0.4) is 0 Å². The van der Waals surface area contributed by atoms with Crippen molar-refractivity contribution < 1.29 is 9.18 Å². The molecule has 2 aliphatic rings. The Bertz CT molecular complexity index is 724. The van der Waals surface area contributed by atoms with Crippen LogP contribution >= 0.6 is 0 Å². The van der Waals surface area contributed by atoms with Gasteiger partial charge in [-0.1, -0.05) is 32.1 Å². The Labute approximate surface area is 129 Å². The van der Waals surface area contributed by atoms with Gasteiger partial charge in [0.25, 0.3) is 0 Å². The van der Waals surface area contributed by atoms with Crippen molar-refractivity contribution >= 4 is 11.5 Å². The number of rotatable bonds is 3. The monoisotopic (exact) mass is 296 g/mol. The van der Waals surface area contributed by atoms with Crippen molar-refractivity contribution in [2.75, 3.05) is 0 Å². The third-order valence-electron chi connectivity index (χ3n) is 3.72. The molecule has 2 aliphatic heterocycles. The average molecular weight is 296 g/mol. The molecule has 0 spiro atoms. The third-order valence-corrected chi connectivity index (χ3v) is 3.72. The molecule has 0 saturated carbocycles. The second kappa shape index (κ2) is 5.72. The van der Waals surface area contributed by atoms with E-state index in [0.29, 0.717) is 6.42 Å². The van der Waals surface area contributed by atoms with E-state index in [-0.39, 0.29) is 17.5 Å². The van der Waals surface area contributed by atoms with Gasteiger partial charge in [0.15, 0.2) is 5.78 Å². The lowest BCUT2D eigenvalue weighted by atomic mass is 9.91. The Kier molecular flexibility index (Phi) is 3.75. The zero-order valence-corrected chi connectivity index (χ0v) is 12.6. The van der Waals surface area contributed by atoms with Crippen LogP contribution < -0.4 is 0 Å². The van der Waals surface area contributed by atoms with Gasteiger partial charge in [0.1, 0.15) is 5.82 Å². The van der Waals surface area contributed by atoms with E-state index in [4.69, 9.17) is 0 Å². The van der Waals surface area contributed by atoms with E-state index in [2.05, 4.69) is 5.10 Å². The first-order valence-corrected chi connectivity index (χ1v) is 7.31. The molecular weight excluding hydrogens is 279 g/mol. The number of fused-ring (bicyclic) bond motifs is 1. The summed E-state index contributed by atoms with van der Waals surface area (Å²) in [6.45, 7) is 3.79. The molecule has 2 heterocycles. The lowest BCUT2D eigenvalue weighted by molar-refractivity contribution is -0.118. The first-order chi connectivity index (χ1) is 10.6. The minimum atomic E-state index is -0.282. The Morgan fingerprint density at radius 1 is 1.23 bits per heavy atom. The molecule has 3 nitrogen and oxygen atoms in total. The molecule has 0 saturated heterocycles. The number of hydrazone groups is 1. The van der Waals surface area contributed by atoms with Crippen molar-refractivity contribution in [3.63, 3.8) is 0 Å². The minimum Gasteiger partial charge on any atom is -0.294 e. The quantitative estimate of drug-likeness (QED) is 0.850. The van der Waals surface area contributed by atoms with Crippen LogP contribution in [0.1, 0.15) is 25.8 Å². The number of benzene rings is 1. The Balaban J connectivity index is 2.01. The van der Waals surface area contributed by atoms with Gasteiger partial charge in [-0.15, -0.1) is 0 Å². The summed E-state index contributed by atoms with van der Waals surface area (Å²) < 4.78 is 13.1. The molecule has 0 unspecified atom stereocenters. The molecule has 0 aliphatic carbocycles. The van der Waals surface area contributed by atoms with Crippen LogP contribution in [0.5, 0.6) is 0 Å². The standard InChI is InChI=1S/C18H17FN2O/c1-12(2)18(22)15-11-16(13-6-8-14(19)9-7-13)20-21-10-4-3-5-17(15)21/h3-10,12H,11H2,1-2H3. The average Bonchev–Trinajstić information content (AvgIpc) is 2.53. The Hall–Kier alpha value is -2.49. The van der Waals surface area contributed by atoms with Crippen molar-refractivity contribution in [2.24, 2.45) is 11.0 Å². The topological polar surface area (TPSA) is 32.7 Å². The van der Waals surface area contributed by atoms with Crippen LogP contribution in [0.4, 0.5) is 4.39 Å². The van der Waals surface area contributed by atoms with E-state index in [1.165, 1.54) is 12.1 Å². The summed E-state index contributed by atoms with van der Waals surface area (Å²) in [4.78, 5) is 12.5. The lowest BCUT2D eigenvalue weighted by Crippen LogP contribution is -2.27. The van der Waals surface area contributed by atoms with E-state index in [0.717, 1.165) is 22.5 Å². The highest BCUT2D eigenvalue weighted by Gasteiger charge is 2.27. The predicted octanol–water partition coefficient (Wildman–Crippen LogP) is 3.80. The number of nitrogens with zero attached hydrogens (tertiary/aromatic N) is 2. The van der Waals surface area contributed by atoms with Gasteiger partial charge in [-0.2, -0.15) is 5.10 Å². The second-order valence-corrected chi connectivity index (χ2v) is 5.66. The second-order valence-electron chi connectivity index (χ2n) is 5.66. The number of halogens is 1. The highest BCUT2D eigenvalue weighted by Crippen LogP contribution is 2.29. The lowest BCUT2D eigenvalue weighted by Gasteiger charge is -2.28. The zero-order valence-electron chi connectivity index (χ0n) is 12.6. The van der Waals surface area contributed by atoms with Crippen LogP contribution in [0, 0.1) is 11.7 Å². The summed E-state index contributed by atoms with van der Waals surface area (Å²) in [7, 11) is 0. The number of carbonyl (C=O) groups is 1. The van der Waals surface area contributed by atoms with Gasteiger partial charge >= 0.3 is 0 Å². The summed E-state index contributed by atoms with van der Waals surface area (Å²) >= 11 is 0. The summed E-state index contributed by atoms with van der Waals surface area (Å²) in [6.07, 6.45) is 7.97. The van der Waals surface area contributed by atoms with Crippen molar-refractivity contribution in [3.8, 4) is 0 Å². The van der Waals surface area contributed by atoms with E-state index >= 15 is 0 Å². The first kappa shape index (κ1) is 14.4. The molecule has 1 aromatic carbocycles. The maximum Gasteiger partial charge on any atom is 0.163 e.